The van der Waals surface area contributed by atoms with Gasteiger partial charge in [0.05, 0.1) is 18.6 Å². The Labute approximate surface area is 132 Å². The van der Waals surface area contributed by atoms with Crippen molar-refractivity contribution in [2.45, 2.75) is 11.8 Å². The minimum absolute atomic E-state index is 0.346. The normalized spacial score (nSPS) is 15.4. The van der Waals surface area contributed by atoms with Crippen molar-refractivity contribution in [2.24, 2.45) is 0 Å². The second kappa shape index (κ2) is 6.12. The molecule has 3 rings (SSSR count). The van der Waals surface area contributed by atoms with Crippen LogP contribution in [0, 0.1) is 5.82 Å². The van der Waals surface area contributed by atoms with Crippen LogP contribution in [0.1, 0.15) is 22.9 Å². The highest BCUT2D eigenvalue weighted by Gasteiger charge is 2.18. The van der Waals surface area contributed by atoms with Crippen LogP contribution in [-0.4, -0.2) is 13.2 Å². The van der Waals surface area contributed by atoms with Gasteiger partial charge in [0.2, 0.25) is 0 Å². The van der Waals surface area contributed by atoms with E-state index in [-0.39, 0.29) is 0 Å². The Balaban J connectivity index is 1.94. The number of ether oxygens (including phenoxy) is 2. The van der Waals surface area contributed by atoms with Gasteiger partial charge in [0.15, 0.2) is 11.5 Å². The van der Waals surface area contributed by atoms with E-state index in [2.05, 4.69) is 0 Å². The zero-order chi connectivity index (χ0) is 14.8. The van der Waals surface area contributed by atoms with Crippen LogP contribution in [0.25, 0.3) is 0 Å². The standard InChI is InChI=1S/C16H13Cl2FO2/c17-11-3-4-12(13(19)9-11)16(18)10-2-5-14-15(8-10)21-7-1-6-20-14/h2-5,8-9,16H,1,6-7H2. The zero-order valence-corrected chi connectivity index (χ0v) is 12.6. The molecule has 1 unspecified atom stereocenters. The van der Waals surface area contributed by atoms with Crippen molar-refractivity contribution in [3.8, 4) is 11.5 Å². The smallest absolute Gasteiger partial charge is 0.161 e. The van der Waals surface area contributed by atoms with E-state index in [0.29, 0.717) is 35.3 Å². The summed E-state index contributed by atoms with van der Waals surface area (Å²) >= 11 is 12.2. The molecule has 0 amide bonds. The summed E-state index contributed by atoms with van der Waals surface area (Å²) < 4.78 is 25.2. The Kier molecular flexibility index (Phi) is 4.22. The van der Waals surface area contributed by atoms with Crippen molar-refractivity contribution < 1.29 is 13.9 Å². The van der Waals surface area contributed by atoms with Crippen molar-refractivity contribution >= 4 is 23.2 Å². The Morgan fingerprint density at radius 1 is 1.00 bits per heavy atom. The molecule has 0 saturated heterocycles. The topological polar surface area (TPSA) is 18.5 Å². The quantitative estimate of drug-likeness (QED) is 0.725. The van der Waals surface area contributed by atoms with Crippen LogP contribution in [0.2, 0.25) is 5.02 Å². The van der Waals surface area contributed by atoms with Gasteiger partial charge in [-0.2, -0.15) is 0 Å². The second-order valence-corrected chi connectivity index (χ2v) is 5.66. The fourth-order valence-electron chi connectivity index (χ4n) is 2.22. The molecule has 1 aliphatic rings. The molecule has 1 aliphatic heterocycles. The van der Waals surface area contributed by atoms with Crippen molar-refractivity contribution in [1.29, 1.82) is 0 Å². The van der Waals surface area contributed by atoms with E-state index in [0.717, 1.165) is 12.0 Å². The lowest BCUT2D eigenvalue weighted by molar-refractivity contribution is 0.297. The Morgan fingerprint density at radius 2 is 1.76 bits per heavy atom. The number of halogens is 3. The Morgan fingerprint density at radius 3 is 2.52 bits per heavy atom. The Bertz CT molecular complexity index is 661. The van der Waals surface area contributed by atoms with Gasteiger partial charge in [-0.3, -0.25) is 0 Å². The predicted octanol–water partition coefficient (Wildman–Crippen LogP) is 4.97. The first-order valence-electron chi connectivity index (χ1n) is 6.64. The summed E-state index contributed by atoms with van der Waals surface area (Å²) in [4.78, 5) is 0. The van der Waals surface area contributed by atoms with Gasteiger partial charge < -0.3 is 9.47 Å². The maximum absolute atomic E-state index is 14.0. The SMILES string of the molecule is Fc1cc(Cl)ccc1C(Cl)c1ccc2c(c1)OCCCO2. The molecule has 1 heterocycles. The van der Waals surface area contributed by atoms with Crippen LogP contribution in [0.4, 0.5) is 4.39 Å². The summed E-state index contributed by atoms with van der Waals surface area (Å²) in [5, 5.41) is -0.266. The van der Waals surface area contributed by atoms with Gasteiger partial charge in [0.25, 0.3) is 0 Å². The van der Waals surface area contributed by atoms with Gasteiger partial charge in [-0.25, -0.2) is 4.39 Å². The predicted molar refractivity (Wildman–Crippen MR) is 81.2 cm³/mol. The first-order valence-corrected chi connectivity index (χ1v) is 7.45. The number of hydrogen-bond donors (Lipinski definition) is 0. The summed E-state index contributed by atoms with van der Waals surface area (Å²) in [6.07, 6.45) is 0.833. The minimum atomic E-state index is -0.612. The van der Waals surface area contributed by atoms with Gasteiger partial charge in [-0.1, -0.05) is 23.7 Å². The van der Waals surface area contributed by atoms with Crippen molar-refractivity contribution in [1.82, 2.24) is 0 Å². The van der Waals surface area contributed by atoms with E-state index < -0.39 is 11.2 Å². The minimum Gasteiger partial charge on any atom is -0.490 e. The molecule has 0 fully saturated rings. The maximum Gasteiger partial charge on any atom is 0.161 e. The third-order valence-corrected chi connectivity index (χ3v) is 4.02. The molecule has 1 atom stereocenters. The van der Waals surface area contributed by atoms with E-state index in [1.165, 1.54) is 6.07 Å². The lowest BCUT2D eigenvalue weighted by atomic mass is 10.0. The molecule has 2 nitrogen and oxygen atoms in total. The summed E-state index contributed by atoms with van der Waals surface area (Å²) in [6, 6.07) is 9.90. The summed E-state index contributed by atoms with van der Waals surface area (Å²) in [7, 11) is 0. The third kappa shape index (κ3) is 3.09. The summed E-state index contributed by atoms with van der Waals surface area (Å²) in [6.45, 7) is 1.22. The van der Waals surface area contributed by atoms with Gasteiger partial charge in [0, 0.05) is 17.0 Å². The molecule has 2 aromatic carbocycles. The first kappa shape index (κ1) is 14.5. The number of alkyl halides is 1. The van der Waals surface area contributed by atoms with E-state index in [1.54, 1.807) is 24.3 Å². The number of rotatable bonds is 2. The van der Waals surface area contributed by atoms with Crippen LogP contribution in [0.5, 0.6) is 11.5 Å². The van der Waals surface area contributed by atoms with Gasteiger partial charge in [0.1, 0.15) is 5.82 Å². The number of fused-ring (bicyclic) bond motifs is 1. The van der Waals surface area contributed by atoms with Crippen molar-refractivity contribution in [3.05, 3.63) is 58.4 Å². The monoisotopic (exact) mass is 326 g/mol. The van der Waals surface area contributed by atoms with Gasteiger partial charge in [-0.15, -0.1) is 11.6 Å². The molecule has 0 N–H and O–H groups in total. The molecule has 0 aromatic heterocycles. The third-order valence-electron chi connectivity index (χ3n) is 3.30. The first-order chi connectivity index (χ1) is 10.1. The van der Waals surface area contributed by atoms with Crippen LogP contribution in [-0.2, 0) is 0 Å². The van der Waals surface area contributed by atoms with Crippen molar-refractivity contribution in [3.63, 3.8) is 0 Å². The Hall–Kier alpha value is -1.45. The highest BCUT2D eigenvalue weighted by atomic mass is 35.5. The average Bonchev–Trinajstić information content (AvgIpc) is 2.71. The van der Waals surface area contributed by atoms with E-state index in [4.69, 9.17) is 32.7 Å². The highest BCUT2D eigenvalue weighted by molar-refractivity contribution is 6.30. The second-order valence-electron chi connectivity index (χ2n) is 4.79. The molecule has 0 bridgehead atoms. The molecule has 0 spiro atoms. The molecule has 110 valence electrons. The molecule has 21 heavy (non-hydrogen) atoms. The highest BCUT2D eigenvalue weighted by Crippen LogP contribution is 2.37. The molecule has 5 heteroatoms. The van der Waals surface area contributed by atoms with Crippen LogP contribution >= 0.6 is 23.2 Å². The van der Waals surface area contributed by atoms with Crippen LogP contribution in [0.3, 0.4) is 0 Å². The van der Waals surface area contributed by atoms with E-state index in [1.807, 2.05) is 6.07 Å². The van der Waals surface area contributed by atoms with Crippen molar-refractivity contribution in [2.75, 3.05) is 13.2 Å². The van der Waals surface area contributed by atoms with Crippen LogP contribution in [0.15, 0.2) is 36.4 Å². The zero-order valence-electron chi connectivity index (χ0n) is 11.1. The fourth-order valence-corrected chi connectivity index (χ4v) is 2.70. The van der Waals surface area contributed by atoms with Gasteiger partial charge >= 0.3 is 0 Å². The van der Waals surface area contributed by atoms with E-state index >= 15 is 0 Å². The molecule has 2 aromatic rings. The number of benzene rings is 2. The fraction of sp³-hybridized carbons (Fsp3) is 0.250. The lowest BCUT2D eigenvalue weighted by Crippen LogP contribution is -1.99. The molecular weight excluding hydrogens is 314 g/mol. The van der Waals surface area contributed by atoms with E-state index in [9.17, 15) is 4.39 Å². The molecule has 0 radical (unpaired) electrons. The molecular formula is C16H13Cl2FO2. The average molecular weight is 327 g/mol. The summed E-state index contributed by atoms with van der Waals surface area (Å²) in [5.41, 5.74) is 1.14. The molecule has 0 aliphatic carbocycles. The largest absolute Gasteiger partial charge is 0.490 e. The van der Waals surface area contributed by atoms with Crippen LogP contribution < -0.4 is 9.47 Å². The summed E-state index contributed by atoms with van der Waals surface area (Å²) in [5.74, 6) is 0.913. The molecule has 0 saturated carbocycles. The lowest BCUT2D eigenvalue weighted by Gasteiger charge is -2.14. The van der Waals surface area contributed by atoms with Gasteiger partial charge in [-0.05, 0) is 29.8 Å². The maximum atomic E-state index is 14.0. The number of hydrogen-bond acceptors (Lipinski definition) is 2.